The van der Waals surface area contributed by atoms with Crippen molar-refractivity contribution >= 4 is 27.7 Å². The Morgan fingerprint density at radius 1 is 1.32 bits per heavy atom. The highest BCUT2D eigenvalue weighted by Crippen LogP contribution is 2.10. The molecular formula is C14H22N2O4S2. The summed E-state index contributed by atoms with van der Waals surface area (Å²) >= 11 is 1.72. The van der Waals surface area contributed by atoms with Crippen molar-refractivity contribution in [2.75, 3.05) is 25.1 Å². The third kappa shape index (κ3) is 6.35. The minimum absolute atomic E-state index is 0.0555. The number of rotatable bonds is 9. The second-order valence-corrected chi connectivity index (χ2v) is 7.58. The summed E-state index contributed by atoms with van der Waals surface area (Å²) in [7, 11) is -3.67. The quantitative estimate of drug-likeness (QED) is 0.576. The van der Waals surface area contributed by atoms with E-state index >= 15 is 0 Å². The average molecular weight is 346 g/mol. The number of thioether (sulfide) groups is 1. The molecule has 0 aromatic heterocycles. The maximum absolute atomic E-state index is 11.9. The van der Waals surface area contributed by atoms with Gasteiger partial charge in [-0.25, -0.2) is 13.1 Å². The van der Waals surface area contributed by atoms with Crippen LogP contribution in [0.5, 0.6) is 0 Å². The third-order valence-electron chi connectivity index (χ3n) is 2.81. The number of carbonyl (C=O) groups excluding carboxylic acids is 1. The van der Waals surface area contributed by atoms with E-state index in [1.54, 1.807) is 11.8 Å². The van der Waals surface area contributed by atoms with Gasteiger partial charge in [0, 0.05) is 18.7 Å². The molecule has 0 saturated carbocycles. The molecule has 1 amide bonds. The topological polar surface area (TPSA) is 95.5 Å². The van der Waals surface area contributed by atoms with Gasteiger partial charge >= 0.3 is 0 Å². The van der Waals surface area contributed by atoms with Crippen LogP contribution in [0.1, 0.15) is 23.7 Å². The van der Waals surface area contributed by atoms with Gasteiger partial charge in [0.2, 0.25) is 10.0 Å². The molecule has 3 N–H and O–H groups in total. The summed E-state index contributed by atoms with van der Waals surface area (Å²) in [5.74, 6) is 0.758. The Hall–Kier alpha value is -1.09. The van der Waals surface area contributed by atoms with Gasteiger partial charge in [-0.05, 0) is 49.6 Å². The number of hydrogen-bond donors (Lipinski definition) is 3. The lowest BCUT2D eigenvalue weighted by Crippen LogP contribution is -2.30. The van der Waals surface area contributed by atoms with Gasteiger partial charge in [-0.2, -0.15) is 11.8 Å². The van der Waals surface area contributed by atoms with Crippen LogP contribution < -0.4 is 10.0 Å². The lowest BCUT2D eigenvalue weighted by molar-refractivity contribution is 0.0953. The highest BCUT2D eigenvalue weighted by molar-refractivity contribution is 7.98. The first kappa shape index (κ1) is 19.0. The van der Waals surface area contributed by atoms with Crippen LogP contribution in [0, 0.1) is 0 Å². The summed E-state index contributed by atoms with van der Waals surface area (Å²) < 4.78 is 26.2. The monoisotopic (exact) mass is 346 g/mol. The molecule has 0 unspecified atom stereocenters. The Bertz CT molecular complexity index is 571. The van der Waals surface area contributed by atoms with Crippen LogP contribution in [-0.2, 0) is 10.0 Å². The molecule has 1 aromatic carbocycles. The SMILES string of the molecule is CSCCCNC(=O)c1ccc(S(=O)(=O)NC[C@@H](C)O)cc1. The number of nitrogens with one attached hydrogen (secondary N) is 2. The lowest BCUT2D eigenvalue weighted by Gasteiger charge is -2.09. The van der Waals surface area contributed by atoms with Gasteiger partial charge in [-0.3, -0.25) is 4.79 Å². The van der Waals surface area contributed by atoms with E-state index in [9.17, 15) is 13.2 Å². The second kappa shape index (κ2) is 9.14. The molecule has 124 valence electrons. The zero-order valence-electron chi connectivity index (χ0n) is 12.7. The minimum Gasteiger partial charge on any atom is -0.392 e. The standard InChI is InChI=1S/C14H22N2O4S2/c1-11(17)10-16-22(19,20)13-6-4-12(5-7-13)14(18)15-8-3-9-21-2/h4-7,11,16-17H,3,8-10H2,1-2H3,(H,15,18)/t11-/m1/s1. The number of aliphatic hydroxyl groups is 1. The maximum Gasteiger partial charge on any atom is 0.251 e. The van der Waals surface area contributed by atoms with E-state index in [-0.39, 0.29) is 17.3 Å². The molecule has 0 bridgehead atoms. The van der Waals surface area contributed by atoms with Crippen molar-refractivity contribution < 1.29 is 18.3 Å². The Labute approximate surface area is 135 Å². The number of aliphatic hydroxyl groups excluding tert-OH is 1. The summed E-state index contributed by atoms with van der Waals surface area (Å²) in [5.41, 5.74) is 0.415. The van der Waals surface area contributed by atoms with E-state index < -0.39 is 16.1 Å². The van der Waals surface area contributed by atoms with E-state index in [0.717, 1.165) is 12.2 Å². The van der Waals surface area contributed by atoms with E-state index in [1.165, 1.54) is 31.2 Å². The Balaban J connectivity index is 2.64. The third-order valence-corrected chi connectivity index (χ3v) is 4.94. The Kier molecular flexibility index (Phi) is 7.88. The molecule has 0 heterocycles. The van der Waals surface area contributed by atoms with Gasteiger partial charge in [0.1, 0.15) is 0 Å². The predicted octanol–water partition coefficient (Wildman–Crippen LogP) is 0.829. The second-order valence-electron chi connectivity index (χ2n) is 4.83. The zero-order valence-corrected chi connectivity index (χ0v) is 14.3. The summed E-state index contributed by atoms with van der Waals surface area (Å²) in [5, 5.41) is 11.9. The van der Waals surface area contributed by atoms with E-state index in [0.29, 0.717) is 12.1 Å². The molecular weight excluding hydrogens is 324 g/mol. The van der Waals surface area contributed by atoms with Crippen LogP contribution in [-0.4, -0.2) is 50.6 Å². The van der Waals surface area contributed by atoms with Crippen LogP contribution in [0.4, 0.5) is 0 Å². The molecule has 0 aliphatic carbocycles. The highest BCUT2D eigenvalue weighted by Gasteiger charge is 2.15. The summed E-state index contributed by atoms with van der Waals surface area (Å²) in [6, 6.07) is 5.70. The molecule has 0 radical (unpaired) electrons. The van der Waals surface area contributed by atoms with E-state index in [1.807, 2.05) is 6.26 Å². The Morgan fingerprint density at radius 3 is 2.50 bits per heavy atom. The number of hydrogen-bond acceptors (Lipinski definition) is 5. The normalized spacial score (nSPS) is 12.9. The largest absolute Gasteiger partial charge is 0.392 e. The number of benzene rings is 1. The van der Waals surface area contributed by atoms with Crippen LogP contribution in [0.2, 0.25) is 0 Å². The van der Waals surface area contributed by atoms with Crippen LogP contribution in [0.25, 0.3) is 0 Å². The van der Waals surface area contributed by atoms with Gasteiger partial charge in [0.25, 0.3) is 5.91 Å². The van der Waals surface area contributed by atoms with Crippen molar-refractivity contribution in [2.45, 2.75) is 24.3 Å². The summed E-state index contributed by atoms with van der Waals surface area (Å²) in [6.07, 6.45) is 2.14. The molecule has 22 heavy (non-hydrogen) atoms. The van der Waals surface area contributed by atoms with Gasteiger partial charge in [-0.1, -0.05) is 0 Å². The number of carbonyl (C=O) groups is 1. The predicted molar refractivity (Wildman–Crippen MR) is 88.6 cm³/mol. The van der Waals surface area contributed by atoms with Crippen molar-refractivity contribution in [3.63, 3.8) is 0 Å². The summed E-state index contributed by atoms with van der Waals surface area (Å²) in [6.45, 7) is 2.03. The molecule has 0 aliphatic heterocycles. The van der Waals surface area contributed by atoms with Crippen molar-refractivity contribution in [2.24, 2.45) is 0 Å². The Morgan fingerprint density at radius 2 is 1.95 bits per heavy atom. The maximum atomic E-state index is 11.9. The average Bonchev–Trinajstić information content (AvgIpc) is 2.49. The molecule has 0 saturated heterocycles. The van der Waals surface area contributed by atoms with Gasteiger partial charge in [0.15, 0.2) is 0 Å². The molecule has 1 atom stereocenters. The molecule has 8 heteroatoms. The van der Waals surface area contributed by atoms with E-state index in [2.05, 4.69) is 10.0 Å². The molecule has 6 nitrogen and oxygen atoms in total. The van der Waals surface area contributed by atoms with Gasteiger partial charge < -0.3 is 10.4 Å². The fraction of sp³-hybridized carbons (Fsp3) is 0.500. The number of sulfonamides is 1. The molecule has 1 rings (SSSR count). The van der Waals surface area contributed by atoms with Gasteiger partial charge in [0.05, 0.1) is 11.0 Å². The van der Waals surface area contributed by atoms with Crippen molar-refractivity contribution in [3.05, 3.63) is 29.8 Å². The first-order valence-corrected chi connectivity index (χ1v) is 9.79. The van der Waals surface area contributed by atoms with Crippen molar-refractivity contribution in [1.82, 2.24) is 10.0 Å². The van der Waals surface area contributed by atoms with Crippen molar-refractivity contribution in [1.29, 1.82) is 0 Å². The fourth-order valence-corrected chi connectivity index (χ4v) is 3.17. The molecule has 1 aromatic rings. The minimum atomic E-state index is -3.67. The number of amides is 1. The first-order valence-electron chi connectivity index (χ1n) is 6.91. The molecule has 0 aliphatic rings. The summed E-state index contributed by atoms with van der Waals surface area (Å²) in [4.78, 5) is 11.9. The fourth-order valence-electron chi connectivity index (χ4n) is 1.62. The lowest BCUT2D eigenvalue weighted by atomic mass is 10.2. The van der Waals surface area contributed by atoms with Crippen molar-refractivity contribution in [3.8, 4) is 0 Å². The van der Waals surface area contributed by atoms with E-state index in [4.69, 9.17) is 5.11 Å². The smallest absolute Gasteiger partial charge is 0.251 e. The van der Waals surface area contributed by atoms with Gasteiger partial charge in [-0.15, -0.1) is 0 Å². The van der Waals surface area contributed by atoms with Crippen LogP contribution in [0.3, 0.4) is 0 Å². The van der Waals surface area contributed by atoms with Crippen LogP contribution in [0.15, 0.2) is 29.2 Å². The molecule has 0 spiro atoms. The first-order chi connectivity index (χ1) is 10.4. The van der Waals surface area contributed by atoms with Crippen LogP contribution >= 0.6 is 11.8 Å². The zero-order chi connectivity index (χ0) is 16.6. The highest BCUT2D eigenvalue weighted by atomic mass is 32.2. The molecule has 0 fully saturated rings.